The van der Waals surface area contributed by atoms with Crippen molar-refractivity contribution in [2.75, 3.05) is 5.32 Å². The van der Waals surface area contributed by atoms with Crippen LogP contribution >= 0.6 is 11.6 Å². The highest BCUT2D eigenvalue weighted by Gasteiger charge is 2.16. The molecule has 0 spiro atoms. The first-order chi connectivity index (χ1) is 12.6. The summed E-state index contributed by atoms with van der Waals surface area (Å²) in [5.74, 6) is -0.217. The Hall–Kier alpha value is -3.32. The second-order valence-electron chi connectivity index (χ2n) is 5.46. The minimum atomic E-state index is -0.374. The molecule has 0 atom stereocenters. The summed E-state index contributed by atoms with van der Waals surface area (Å²) in [4.78, 5) is 28.2. The average Bonchev–Trinajstić information content (AvgIpc) is 3.08. The van der Waals surface area contributed by atoms with Crippen molar-refractivity contribution in [1.29, 1.82) is 0 Å². The number of rotatable bonds is 3. The Balaban J connectivity index is 1.72. The van der Waals surface area contributed by atoms with Crippen LogP contribution in [-0.4, -0.2) is 25.8 Å². The quantitative estimate of drug-likeness (QED) is 0.572. The maximum Gasteiger partial charge on any atom is 0.258 e. The number of carbonyl (C=O) groups is 1. The van der Waals surface area contributed by atoms with Gasteiger partial charge >= 0.3 is 0 Å². The number of fused-ring (bicyclic) bond motifs is 1. The number of aromatic amines is 1. The molecule has 6 nitrogen and oxygen atoms in total. The van der Waals surface area contributed by atoms with Gasteiger partial charge in [-0.05, 0) is 36.4 Å². The number of H-pyrrole nitrogens is 1. The van der Waals surface area contributed by atoms with E-state index in [9.17, 15) is 9.18 Å². The summed E-state index contributed by atoms with van der Waals surface area (Å²) < 4.78 is 13.1. The number of halogens is 2. The SMILES string of the molecule is O=C(Nc1cnccc1Cl)c1ccnc2nc(-c3ccc(F)cc3)[nH]c12. The molecule has 0 saturated carbocycles. The lowest BCUT2D eigenvalue weighted by molar-refractivity contribution is 0.102. The van der Waals surface area contributed by atoms with Crippen molar-refractivity contribution in [3.05, 3.63) is 71.4 Å². The lowest BCUT2D eigenvalue weighted by Crippen LogP contribution is -2.13. The third-order valence-corrected chi connectivity index (χ3v) is 4.10. The Morgan fingerprint density at radius 3 is 2.69 bits per heavy atom. The normalized spacial score (nSPS) is 10.8. The number of anilines is 1. The van der Waals surface area contributed by atoms with Crippen LogP contribution in [0.3, 0.4) is 0 Å². The van der Waals surface area contributed by atoms with E-state index in [1.54, 1.807) is 24.3 Å². The van der Waals surface area contributed by atoms with Gasteiger partial charge in [0.2, 0.25) is 0 Å². The van der Waals surface area contributed by atoms with Crippen molar-refractivity contribution in [2.45, 2.75) is 0 Å². The van der Waals surface area contributed by atoms with E-state index in [-0.39, 0.29) is 11.7 Å². The average molecular weight is 368 g/mol. The Kier molecular flexibility index (Phi) is 4.06. The third-order valence-electron chi connectivity index (χ3n) is 3.77. The summed E-state index contributed by atoms with van der Waals surface area (Å²) in [6.45, 7) is 0. The summed E-state index contributed by atoms with van der Waals surface area (Å²) in [5.41, 5.74) is 2.31. The van der Waals surface area contributed by atoms with Crippen molar-refractivity contribution in [3.8, 4) is 11.4 Å². The maximum absolute atomic E-state index is 13.1. The number of carbonyl (C=O) groups excluding carboxylic acids is 1. The van der Waals surface area contributed by atoms with E-state index in [2.05, 4.69) is 25.3 Å². The van der Waals surface area contributed by atoms with E-state index in [0.717, 1.165) is 0 Å². The molecule has 1 aromatic carbocycles. The van der Waals surface area contributed by atoms with E-state index in [1.807, 2.05) is 0 Å². The molecule has 0 unspecified atom stereocenters. The number of nitrogens with zero attached hydrogens (tertiary/aromatic N) is 3. The van der Waals surface area contributed by atoms with Crippen molar-refractivity contribution in [1.82, 2.24) is 19.9 Å². The molecule has 4 aromatic rings. The van der Waals surface area contributed by atoms with Gasteiger partial charge in [-0.25, -0.2) is 14.4 Å². The predicted octanol–water partition coefficient (Wildman–Crippen LogP) is 4.06. The molecule has 0 radical (unpaired) electrons. The van der Waals surface area contributed by atoms with Gasteiger partial charge in [0.15, 0.2) is 5.65 Å². The van der Waals surface area contributed by atoms with E-state index >= 15 is 0 Å². The molecule has 4 rings (SSSR count). The molecule has 0 saturated heterocycles. The highest BCUT2D eigenvalue weighted by Crippen LogP contribution is 2.24. The highest BCUT2D eigenvalue weighted by atomic mass is 35.5. The zero-order chi connectivity index (χ0) is 18.1. The van der Waals surface area contributed by atoms with Gasteiger partial charge < -0.3 is 10.3 Å². The summed E-state index contributed by atoms with van der Waals surface area (Å²) in [5, 5.41) is 3.10. The van der Waals surface area contributed by atoms with Gasteiger partial charge in [0.05, 0.1) is 28.0 Å². The molecule has 2 N–H and O–H groups in total. The van der Waals surface area contributed by atoms with Crippen LogP contribution in [0.15, 0.2) is 55.0 Å². The topological polar surface area (TPSA) is 83.6 Å². The summed E-state index contributed by atoms with van der Waals surface area (Å²) >= 11 is 6.05. The molecular weight excluding hydrogens is 357 g/mol. The number of pyridine rings is 2. The predicted molar refractivity (Wildman–Crippen MR) is 96.5 cm³/mol. The first-order valence-electron chi connectivity index (χ1n) is 7.63. The van der Waals surface area contributed by atoms with E-state index < -0.39 is 0 Å². The molecule has 0 aliphatic carbocycles. The fraction of sp³-hybridized carbons (Fsp3) is 0. The minimum Gasteiger partial charge on any atom is -0.336 e. The molecule has 0 fully saturated rings. The molecule has 3 aromatic heterocycles. The van der Waals surface area contributed by atoms with Gasteiger partial charge in [-0.2, -0.15) is 0 Å². The summed E-state index contributed by atoms with van der Waals surface area (Å²) in [6, 6.07) is 9.04. The minimum absolute atomic E-state index is 0.337. The largest absolute Gasteiger partial charge is 0.336 e. The molecule has 0 bridgehead atoms. The van der Waals surface area contributed by atoms with Crippen LogP contribution in [0.25, 0.3) is 22.6 Å². The Labute approximate surface area is 152 Å². The van der Waals surface area contributed by atoms with Gasteiger partial charge in [0.25, 0.3) is 5.91 Å². The first kappa shape index (κ1) is 16.2. The van der Waals surface area contributed by atoms with Crippen LogP contribution in [0, 0.1) is 5.82 Å². The molecule has 8 heteroatoms. The van der Waals surface area contributed by atoms with Crippen molar-refractivity contribution < 1.29 is 9.18 Å². The zero-order valence-electron chi connectivity index (χ0n) is 13.2. The lowest BCUT2D eigenvalue weighted by atomic mass is 10.2. The Bertz CT molecular complexity index is 1110. The molecule has 26 heavy (non-hydrogen) atoms. The number of aromatic nitrogens is 4. The smallest absolute Gasteiger partial charge is 0.258 e. The lowest BCUT2D eigenvalue weighted by Gasteiger charge is -2.06. The molecule has 128 valence electrons. The van der Waals surface area contributed by atoms with Crippen LogP contribution in [0.1, 0.15) is 10.4 Å². The molecular formula is C18H11ClFN5O. The molecule has 0 aliphatic rings. The van der Waals surface area contributed by atoms with Gasteiger partial charge in [0.1, 0.15) is 11.6 Å². The number of hydrogen-bond acceptors (Lipinski definition) is 4. The zero-order valence-corrected chi connectivity index (χ0v) is 14.0. The number of hydrogen-bond donors (Lipinski definition) is 2. The van der Waals surface area contributed by atoms with E-state index in [0.29, 0.717) is 38.8 Å². The monoisotopic (exact) mass is 367 g/mol. The Morgan fingerprint density at radius 1 is 1.12 bits per heavy atom. The van der Waals surface area contributed by atoms with Crippen LogP contribution in [0.2, 0.25) is 5.02 Å². The van der Waals surface area contributed by atoms with Crippen LogP contribution in [0.4, 0.5) is 10.1 Å². The van der Waals surface area contributed by atoms with Crippen LogP contribution in [0.5, 0.6) is 0 Å². The fourth-order valence-electron chi connectivity index (χ4n) is 2.50. The van der Waals surface area contributed by atoms with Gasteiger partial charge in [-0.1, -0.05) is 11.6 Å². The van der Waals surface area contributed by atoms with Crippen molar-refractivity contribution in [3.63, 3.8) is 0 Å². The van der Waals surface area contributed by atoms with Gasteiger partial charge in [-0.3, -0.25) is 9.78 Å². The number of amides is 1. The van der Waals surface area contributed by atoms with Crippen LogP contribution in [-0.2, 0) is 0 Å². The van der Waals surface area contributed by atoms with Crippen molar-refractivity contribution in [2.24, 2.45) is 0 Å². The van der Waals surface area contributed by atoms with E-state index in [1.165, 1.54) is 30.7 Å². The van der Waals surface area contributed by atoms with Crippen LogP contribution < -0.4 is 5.32 Å². The summed E-state index contributed by atoms with van der Waals surface area (Å²) in [6.07, 6.45) is 4.50. The second-order valence-corrected chi connectivity index (χ2v) is 5.87. The van der Waals surface area contributed by atoms with Gasteiger partial charge in [-0.15, -0.1) is 0 Å². The fourth-order valence-corrected chi connectivity index (χ4v) is 2.66. The number of benzene rings is 1. The maximum atomic E-state index is 13.1. The highest BCUT2D eigenvalue weighted by molar-refractivity contribution is 6.34. The summed E-state index contributed by atoms with van der Waals surface area (Å²) in [7, 11) is 0. The Morgan fingerprint density at radius 2 is 1.92 bits per heavy atom. The van der Waals surface area contributed by atoms with Gasteiger partial charge in [0, 0.05) is 18.0 Å². The van der Waals surface area contributed by atoms with Crippen molar-refractivity contribution >= 4 is 34.4 Å². The third kappa shape index (κ3) is 3.00. The second kappa shape index (κ2) is 6.53. The standard InChI is InChI=1S/C18H11ClFN5O/c19-13-6-7-21-9-14(13)23-18(26)12-5-8-22-17-15(12)24-16(25-17)10-1-3-11(20)4-2-10/h1-9H,(H,23,26)(H,22,24,25). The first-order valence-corrected chi connectivity index (χ1v) is 8.01. The molecule has 0 aliphatic heterocycles. The number of nitrogens with one attached hydrogen (secondary N) is 2. The molecule has 1 amide bonds. The number of imidazole rings is 1. The van der Waals surface area contributed by atoms with E-state index in [4.69, 9.17) is 11.6 Å². The molecule has 3 heterocycles.